The second-order valence-corrected chi connectivity index (χ2v) is 4.23. The van der Waals surface area contributed by atoms with Gasteiger partial charge in [-0.3, -0.25) is 4.79 Å². The van der Waals surface area contributed by atoms with Gasteiger partial charge >= 0.3 is 5.97 Å². The number of esters is 1. The Kier molecular flexibility index (Phi) is 0.984. The minimum Gasteiger partial charge on any atom is -0.462 e. The standard InChI is InChI=1S/C9H12O2/c10-9-4-6-1-5-2-7(6)8(3-5)11-9/h5-8H,1-4H2. The van der Waals surface area contributed by atoms with Gasteiger partial charge in [-0.15, -0.1) is 0 Å². The molecule has 3 fully saturated rings. The van der Waals surface area contributed by atoms with Crippen LogP contribution in [0.4, 0.5) is 0 Å². The van der Waals surface area contributed by atoms with E-state index in [-0.39, 0.29) is 5.97 Å². The number of rotatable bonds is 0. The molecular formula is C9H12O2. The van der Waals surface area contributed by atoms with Crippen LogP contribution in [0.3, 0.4) is 0 Å². The molecule has 2 nitrogen and oxygen atoms in total. The lowest BCUT2D eigenvalue weighted by Gasteiger charge is -2.33. The summed E-state index contributed by atoms with van der Waals surface area (Å²) in [6.45, 7) is 0. The van der Waals surface area contributed by atoms with Crippen molar-refractivity contribution in [2.75, 3.05) is 0 Å². The van der Waals surface area contributed by atoms with Crippen LogP contribution in [0.15, 0.2) is 0 Å². The molecule has 2 heteroatoms. The van der Waals surface area contributed by atoms with Gasteiger partial charge in [0.15, 0.2) is 0 Å². The van der Waals surface area contributed by atoms with E-state index in [1.807, 2.05) is 0 Å². The van der Waals surface area contributed by atoms with Crippen LogP contribution >= 0.6 is 0 Å². The second kappa shape index (κ2) is 1.79. The summed E-state index contributed by atoms with van der Waals surface area (Å²) in [6, 6.07) is 0. The molecule has 4 unspecified atom stereocenters. The third kappa shape index (κ3) is 0.700. The summed E-state index contributed by atoms with van der Waals surface area (Å²) in [5.74, 6) is 2.39. The maximum Gasteiger partial charge on any atom is 0.306 e. The topological polar surface area (TPSA) is 26.3 Å². The number of fused-ring (bicyclic) bond motifs is 1. The van der Waals surface area contributed by atoms with E-state index in [1.54, 1.807) is 0 Å². The molecule has 11 heavy (non-hydrogen) atoms. The van der Waals surface area contributed by atoms with E-state index in [1.165, 1.54) is 12.8 Å². The first-order valence-electron chi connectivity index (χ1n) is 4.52. The quantitative estimate of drug-likeness (QED) is 0.490. The third-order valence-electron chi connectivity index (χ3n) is 3.60. The van der Waals surface area contributed by atoms with Crippen LogP contribution in [0.1, 0.15) is 25.7 Å². The molecule has 1 heterocycles. The Morgan fingerprint density at radius 3 is 2.91 bits per heavy atom. The second-order valence-electron chi connectivity index (χ2n) is 4.23. The molecule has 60 valence electrons. The molecule has 0 aromatic carbocycles. The smallest absolute Gasteiger partial charge is 0.306 e. The van der Waals surface area contributed by atoms with Crippen molar-refractivity contribution < 1.29 is 9.53 Å². The van der Waals surface area contributed by atoms with Gasteiger partial charge in [-0.1, -0.05) is 0 Å². The largest absolute Gasteiger partial charge is 0.462 e. The molecule has 1 saturated heterocycles. The monoisotopic (exact) mass is 152 g/mol. The Hall–Kier alpha value is -0.530. The predicted octanol–water partition coefficient (Wildman–Crippen LogP) is 1.35. The maximum atomic E-state index is 11.0. The van der Waals surface area contributed by atoms with Crippen molar-refractivity contribution >= 4 is 5.97 Å². The summed E-state index contributed by atoms with van der Waals surface area (Å²) in [6.07, 6.45) is 4.82. The van der Waals surface area contributed by atoms with E-state index in [0.29, 0.717) is 18.4 Å². The van der Waals surface area contributed by atoms with Crippen LogP contribution in [0.2, 0.25) is 0 Å². The van der Waals surface area contributed by atoms with Gasteiger partial charge in [-0.25, -0.2) is 0 Å². The zero-order valence-electron chi connectivity index (χ0n) is 6.45. The molecule has 0 aromatic rings. The highest BCUT2D eigenvalue weighted by Gasteiger charge is 2.51. The molecule has 0 radical (unpaired) electrons. The summed E-state index contributed by atoms with van der Waals surface area (Å²) in [4.78, 5) is 11.0. The highest BCUT2D eigenvalue weighted by molar-refractivity contribution is 5.71. The van der Waals surface area contributed by atoms with Crippen LogP contribution in [0.25, 0.3) is 0 Å². The van der Waals surface area contributed by atoms with Crippen LogP contribution < -0.4 is 0 Å². The summed E-state index contributed by atoms with van der Waals surface area (Å²) in [5.41, 5.74) is 0. The molecule has 3 rings (SSSR count). The number of hydrogen-bond donors (Lipinski definition) is 0. The molecular weight excluding hydrogens is 140 g/mol. The summed E-state index contributed by atoms with van der Waals surface area (Å²) in [5, 5.41) is 0. The average Bonchev–Trinajstić information content (AvgIpc) is 2.41. The van der Waals surface area contributed by atoms with E-state index in [4.69, 9.17) is 4.74 Å². The van der Waals surface area contributed by atoms with Crippen molar-refractivity contribution in [1.82, 2.24) is 0 Å². The fourth-order valence-electron chi connectivity index (χ4n) is 3.23. The normalized spacial score (nSPS) is 52.9. The van der Waals surface area contributed by atoms with Gasteiger partial charge in [0.25, 0.3) is 0 Å². The summed E-state index contributed by atoms with van der Waals surface area (Å²) in [7, 11) is 0. The molecule has 0 amide bonds. The Labute approximate surface area is 65.9 Å². The van der Waals surface area contributed by atoms with Crippen molar-refractivity contribution in [3.05, 3.63) is 0 Å². The molecule has 0 N–H and O–H groups in total. The highest BCUT2D eigenvalue weighted by atomic mass is 16.5. The molecule has 4 atom stereocenters. The SMILES string of the molecule is O=C1CC2CC3CC(O1)C2C3. The zero-order chi connectivity index (χ0) is 7.42. The van der Waals surface area contributed by atoms with Crippen LogP contribution in [-0.4, -0.2) is 12.1 Å². The third-order valence-corrected chi connectivity index (χ3v) is 3.60. The first-order valence-corrected chi connectivity index (χ1v) is 4.52. The van der Waals surface area contributed by atoms with Crippen molar-refractivity contribution in [3.63, 3.8) is 0 Å². The summed E-state index contributed by atoms with van der Waals surface area (Å²) < 4.78 is 5.27. The Morgan fingerprint density at radius 2 is 2.18 bits per heavy atom. The van der Waals surface area contributed by atoms with Gasteiger partial charge in [0.1, 0.15) is 6.10 Å². The van der Waals surface area contributed by atoms with Crippen molar-refractivity contribution in [2.45, 2.75) is 31.8 Å². The zero-order valence-corrected chi connectivity index (χ0v) is 6.45. The lowest BCUT2D eigenvalue weighted by Crippen LogP contribution is -2.36. The molecule has 1 aliphatic heterocycles. The van der Waals surface area contributed by atoms with Crippen molar-refractivity contribution in [1.29, 1.82) is 0 Å². The number of carbonyl (C=O) groups excluding carboxylic acids is 1. The first kappa shape index (κ1) is 6.04. The number of ether oxygens (including phenoxy) is 1. The van der Waals surface area contributed by atoms with E-state index < -0.39 is 0 Å². The lowest BCUT2D eigenvalue weighted by atomic mass is 9.82. The fraction of sp³-hybridized carbons (Fsp3) is 0.889. The molecule has 0 aromatic heterocycles. The number of carbonyl (C=O) groups is 1. The van der Waals surface area contributed by atoms with Crippen LogP contribution in [0.5, 0.6) is 0 Å². The van der Waals surface area contributed by atoms with Gasteiger partial charge in [-0.2, -0.15) is 0 Å². The average molecular weight is 152 g/mol. The molecule has 3 aliphatic rings. The van der Waals surface area contributed by atoms with Gasteiger partial charge in [0, 0.05) is 6.42 Å². The fourth-order valence-corrected chi connectivity index (χ4v) is 3.23. The lowest BCUT2D eigenvalue weighted by molar-refractivity contribution is -0.162. The van der Waals surface area contributed by atoms with Gasteiger partial charge in [-0.05, 0) is 37.0 Å². The van der Waals surface area contributed by atoms with Gasteiger partial charge in [0.05, 0.1) is 0 Å². The maximum absolute atomic E-state index is 11.0. The van der Waals surface area contributed by atoms with E-state index >= 15 is 0 Å². The van der Waals surface area contributed by atoms with E-state index in [2.05, 4.69) is 0 Å². The predicted molar refractivity (Wildman–Crippen MR) is 38.8 cm³/mol. The first-order chi connectivity index (χ1) is 5.33. The molecule has 2 saturated carbocycles. The van der Waals surface area contributed by atoms with Crippen molar-refractivity contribution in [2.24, 2.45) is 17.8 Å². The Morgan fingerprint density at radius 1 is 1.27 bits per heavy atom. The molecule has 0 spiro atoms. The van der Waals surface area contributed by atoms with Gasteiger partial charge < -0.3 is 4.74 Å². The number of hydrogen-bond acceptors (Lipinski definition) is 2. The minimum absolute atomic E-state index is 0.0524. The van der Waals surface area contributed by atoms with Crippen LogP contribution in [0, 0.1) is 17.8 Å². The van der Waals surface area contributed by atoms with Gasteiger partial charge in [0.2, 0.25) is 0 Å². The molecule has 2 bridgehead atoms. The van der Waals surface area contributed by atoms with E-state index in [9.17, 15) is 4.79 Å². The molecule has 2 aliphatic carbocycles. The van der Waals surface area contributed by atoms with Crippen molar-refractivity contribution in [3.8, 4) is 0 Å². The Bertz CT molecular complexity index is 194. The Balaban J connectivity index is 1.92. The summed E-state index contributed by atoms with van der Waals surface area (Å²) >= 11 is 0. The van der Waals surface area contributed by atoms with E-state index in [0.717, 1.165) is 18.3 Å². The minimum atomic E-state index is 0.0524. The van der Waals surface area contributed by atoms with Crippen LogP contribution in [-0.2, 0) is 9.53 Å². The highest BCUT2D eigenvalue weighted by Crippen LogP contribution is 2.53.